The van der Waals surface area contributed by atoms with E-state index in [4.69, 9.17) is 23.6 Å². The van der Waals surface area contributed by atoms with Gasteiger partial charge in [0.15, 0.2) is 0 Å². The second-order valence-corrected chi connectivity index (χ2v) is 3.30. The molecule has 1 rings (SSSR count). The van der Waals surface area contributed by atoms with Crippen LogP contribution in [0.5, 0.6) is 0 Å². The monoisotopic (exact) mass is 245 g/mol. The third-order valence-electron chi connectivity index (χ3n) is 2.27. The van der Waals surface area contributed by atoms with Crippen molar-refractivity contribution in [3.63, 3.8) is 0 Å². The van der Waals surface area contributed by atoms with Crippen LogP contribution in [0.4, 0.5) is 13.2 Å². The van der Waals surface area contributed by atoms with Crippen LogP contribution in [-0.2, 0) is 12.6 Å². The number of rotatable bonds is 1. The standard InChI is InChI=1S/C11H3BF3N3/c12-10-7(1-2-16)9(11(13,14)15)3-6(4-17)8(10)5-18/h3H,1H2. The summed E-state index contributed by atoms with van der Waals surface area (Å²) in [5.74, 6) is 0. The molecule has 0 aliphatic rings. The highest BCUT2D eigenvalue weighted by Gasteiger charge is 2.35. The molecular formula is C11H3BF3N3. The van der Waals surface area contributed by atoms with Gasteiger partial charge in [0, 0.05) is 0 Å². The van der Waals surface area contributed by atoms with E-state index in [9.17, 15) is 13.2 Å². The summed E-state index contributed by atoms with van der Waals surface area (Å²) >= 11 is 0. The van der Waals surface area contributed by atoms with Gasteiger partial charge >= 0.3 is 6.18 Å². The van der Waals surface area contributed by atoms with Gasteiger partial charge in [-0.3, -0.25) is 0 Å². The summed E-state index contributed by atoms with van der Waals surface area (Å²) in [5.41, 5.74) is -2.89. The van der Waals surface area contributed by atoms with Crippen LogP contribution in [-0.4, -0.2) is 7.85 Å². The third kappa shape index (κ3) is 2.28. The molecule has 0 aromatic heterocycles. The van der Waals surface area contributed by atoms with Crippen molar-refractivity contribution in [1.29, 1.82) is 15.8 Å². The van der Waals surface area contributed by atoms with E-state index >= 15 is 0 Å². The van der Waals surface area contributed by atoms with E-state index in [0.717, 1.165) is 0 Å². The molecule has 0 N–H and O–H groups in total. The topological polar surface area (TPSA) is 71.4 Å². The molecule has 3 nitrogen and oxygen atoms in total. The van der Waals surface area contributed by atoms with Crippen LogP contribution in [0.2, 0.25) is 0 Å². The van der Waals surface area contributed by atoms with Gasteiger partial charge in [-0.25, -0.2) is 0 Å². The zero-order chi connectivity index (χ0) is 13.9. The van der Waals surface area contributed by atoms with Crippen molar-refractivity contribution in [3.05, 3.63) is 28.3 Å². The minimum absolute atomic E-state index is 0.337. The molecule has 0 bridgehead atoms. The average molecular weight is 245 g/mol. The highest BCUT2D eigenvalue weighted by molar-refractivity contribution is 6.35. The van der Waals surface area contributed by atoms with Crippen molar-refractivity contribution < 1.29 is 13.2 Å². The van der Waals surface area contributed by atoms with Gasteiger partial charge in [-0.05, 0) is 11.6 Å². The number of alkyl halides is 3. The van der Waals surface area contributed by atoms with Crippen molar-refractivity contribution in [1.82, 2.24) is 0 Å². The predicted octanol–water partition coefficient (Wildman–Crippen LogP) is 1.31. The lowest BCUT2D eigenvalue weighted by atomic mass is 9.80. The first-order valence-electron chi connectivity index (χ1n) is 4.56. The second-order valence-electron chi connectivity index (χ2n) is 3.30. The molecule has 1 aromatic rings. The number of nitriles is 3. The van der Waals surface area contributed by atoms with Crippen LogP contribution in [0.1, 0.15) is 22.3 Å². The zero-order valence-electron chi connectivity index (χ0n) is 8.84. The van der Waals surface area contributed by atoms with E-state index < -0.39 is 34.8 Å². The number of hydrogen-bond donors (Lipinski definition) is 0. The Labute approximate surface area is 102 Å². The third-order valence-corrected chi connectivity index (χ3v) is 2.27. The van der Waals surface area contributed by atoms with Gasteiger partial charge in [-0.15, -0.1) is 0 Å². The molecule has 0 spiro atoms. The fraction of sp³-hybridized carbons (Fsp3) is 0.182. The minimum atomic E-state index is -4.74. The first-order chi connectivity index (χ1) is 8.36. The Morgan fingerprint density at radius 3 is 2.17 bits per heavy atom. The minimum Gasteiger partial charge on any atom is -0.198 e. The maximum absolute atomic E-state index is 12.7. The molecule has 0 saturated carbocycles. The van der Waals surface area contributed by atoms with Crippen molar-refractivity contribution in [2.45, 2.75) is 12.6 Å². The normalized spacial score (nSPS) is 10.2. The summed E-state index contributed by atoms with van der Waals surface area (Å²) in [5, 5.41) is 26.0. The van der Waals surface area contributed by atoms with E-state index in [0.29, 0.717) is 6.07 Å². The quantitative estimate of drug-likeness (QED) is 0.700. The number of nitrogens with zero attached hydrogens (tertiary/aromatic N) is 3. The molecule has 86 valence electrons. The molecule has 0 amide bonds. The van der Waals surface area contributed by atoms with Gasteiger partial charge in [-0.1, -0.05) is 5.46 Å². The Morgan fingerprint density at radius 2 is 1.78 bits per heavy atom. The Kier molecular flexibility index (Phi) is 3.64. The van der Waals surface area contributed by atoms with E-state index in [2.05, 4.69) is 0 Å². The maximum Gasteiger partial charge on any atom is 0.416 e. The Bertz CT molecular complexity index is 615. The molecule has 2 radical (unpaired) electrons. The van der Waals surface area contributed by atoms with Crippen molar-refractivity contribution in [2.75, 3.05) is 0 Å². The van der Waals surface area contributed by atoms with Gasteiger partial charge in [0.1, 0.15) is 13.9 Å². The lowest BCUT2D eigenvalue weighted by molar-refractivity contribution is -0.138. The Balaban J connectivity index is 3.75. The highest BCUT2D eigenvalue weighted by atomic mass is 19.4. The Hall–Kier alpha value is -2.46. The summed E-state index contributed by atoms with van der Waals surface area (Å²) in [6.07, 6.45) is -5.32. The number of halogens is 3. The number of benzene rings is 1. The van der Waals surface area contributed by atoms with Gasteiger partial charge in [0.05, 0.1) is 35.2 Å². The van der Waals surface area contributed by atoms with E-state index in [-0.39, 0.29) is 5.56 Å². The second kappa shape index (κ2) is 4.81. The van der Waals surface area contributed by atoms with Crippen molar-refractivity contribution in [3.8, 4) is 18.2 Å². The average Bonchev–Trinajstić information content (AvgIpc) is 2.29. The molecule has 0 saturated heterocycles. The molecule has 18 heavy (non-hydrogen) atoms. The summed E-state index contributed by atoms with van der Waals surface area (Å²) in [4.78, 5) is 0. The molecule has 0 atom stereocenters. The molecule has 0 heterocycles. The van der Waals surface area contributed by atoms with Gasteiger partial charge in [0.25, 0.3) is 0 Å². The van der Waals surface area contributed by atoms with Crippen LogP contribution >= 0.6 is 0 Å². The van der Waals surface area contributed by atoms with Crippen molar-refractivity contribution in [2.24, 2.45) is 0 Å². The van der Waals surface area contributed by atoms with E-state index in [1.54, 1.807) is 12.1 Å². The molecule has 1 aromatic carbocycles. The molecule has 0 unspecified atom stereocenters. The summed E-state index contributed by atoms with van der Waals surface area (Å²) in [6, 6.07) is 5.15. The van der Waals surface area contributed by atoms with Gasteiger partial charge in [0.2, 0.25) is 0 Å². The highest BCUT2D eigenvalue weighted by Crippen LogP contribution is 2.32. The van der Waals surface area contributed by atoms with E-state index in [1.807, 2.05) is 0 Å². The summed E-state index contributed by atoms with van der Waals surface area (Å²) in [6.45, 7) is 0. The molecule has 7 heteroatoms. The van der Waals surface area contributed by atoms with Crippen LogP contribution in [0.25, 0.3) is 0 Å². The lowest BCUT2D eigenvalue weighted by Crippen LogP contribution is -2.23. The predicted molar refractivity (Wildman–Crippen MR) is 55.6 cm³/mol. The van der Waals surface area contributed by atoms with Crippen LogP contribution in [0.3, 0.4) is 0 Å². The smallest absolute Gasteiger partial charge is 0.198 e. The SMILES string of the molecule is [B]c1c(C#N)c(C#N)cc(C(F)(F)F)c1CC#N. The van der Waals surface area contributed by atoms with Gasteiger partial charge in [-0.2, -0.15) is 29.0 Å². The van der Waals surface area contributed by atoms with Crippen LogP contribution in [0, 0.1) is 34.0 Å². The first kappa shape index (κ1) is 13.6. The molecule has 0 aliphatic carbocycles. The Morgan fingerprint density at radius 1 is 1.17 bits per heavy atom. The van der Waals surface area contributed by atoms with Crippen LogP contribution in [0.15, 0.2) is 6.07 Å². The fourth-order valence-electron chi connectivity index (χ4n) is 1.48. The molecule has 0 aliphatic heterocycles. The molecular weight excluding hydrogens is 242 g/mol. The summed E-state index contributed by atoms with van der Waals surface area (Å²) in [7, 11) is 5.43. The van der Waals surface area contributed by atoms with Crippen molar-refractivity contribution >= 4 is 13.3 Å². The summed E-state index contributed by atoms with van der Waals surface area (Å²) < 4.78 is 38.2. The first-order valence-corrected chi connectivity index (χ1v) is 4.56. The lowest BCUT2D eigenvalue weighted by Gasteiger charge is -2.15. The zero-order valence-corrected chi connectivity index (χ0v) is 8.84. The maximum atomic E-state index is 12.7. The molecule has 0 fully saturated rings. The number of hydrogen-bond acceptors (Lipinski definition) is 3. The van der Waals surface area contributed by atoms with Gasteiger partial charge < -0.3 is 0 Å². The largest absolute Gasteiger partial charge is 0.416 e. The van der Waals surface area contributed by atoms with Crippen LogP contribution < -0.4 is 5.46 Å². The van der Waals surface area contributed by atoms with E-state index in [1.165, 1.54) is 6.07 Å². The fourth-order valence-corrected chi connectivity index (χ4v) is 1.48.